The van der Waals surface area contributed by atoms with Gasteiger partial charge in [-0.2, -0.15) is 5.10 Å². The number of amides is 2. The molecule has 3 N–H and O–H groups in total. The van der Waals surface area contributed by atoms with Gasteiger partial charge in [-0.1, -0.05) is 48.5 Å². The first-order chi connectivity index (χ1) is 16.6. The van der Waals surface area contributed by atoms with E-state index in [0.717, 1.165) is 16.5 Å². The van der Waals surface area contributed by atoms with Crippen LogP contribution >= 0.6 is 0 Å². The van der Waals surface area contributed by atoms with Gasteiger partial charge < -0.3 is 20.5 Å². The molecular formula is C25H21N5O4. The van der Waals surface area contributed by atoms with Crippen LogP contribution in [0.3, 0.4) is 0 Å². The van der Waals surface area contributed by atoms with Gasteiger partial charge in [-0.05, 0) is 23.8 Å². The maximum atomic E-state index is 13.5. The van der Waals surface area contributed by atoms with E-state index in [9.17, 15) is 9.59 Å². The van der Waals surface area contributed by atoms with E-state index in [0.29, 0.717) is 5.82 Å². The number of hydrogen-bond acceptors (Lipinski definition) is 6. The summed E-state index contributed by atoms with van der Waals surface area (Å²) in [5, 5.41) is 8.32. The van der Waals surface area contributed by atoms with Crippen LogP contribution in [-0.4, -0.2) is 38.4 Å². The van der Waals surface area contributed by atoms with Gasteiger partial charge in [0.15, 0.2) is 5.82 Å². The first-order valence-corrected chi connectivity index (χ1v) is 10.6. The summed E-state index contributed by atoms with van der Waals surface area (Å²) in [6.07, 6.45) is 6.09. The van der Waals surface area contributed by atoms with Gasteiger partial charge in [0.25, 0.3) is 5.91 Å². The molecular weight excluding hydrogens is 434 g/mol. The number of rotatable bonds is 7. The number of carbonyl (C=O) groups is 2. The molecule has 2 aromatic heterocycles. The van der Waals surface area contributed by atoms with Crippen molar-refractivity contribution in [2.24, 2.45) is 5.73 Å². The highest BCUT2D eigenvalue weighted by molar-refractivity contribution is 5.98. The first-order valence-electron chi connectivity index (χ1n) is 10.6. The van der Waals surface area contributed by atoms with Crippen molar-refractivity contribution in [3.05, 3.63) is 103 Å². The normalized spacial score (nSPS) is 14.8. The third kappa shape index (κ3) is 3.83. The Kier molecular flexibility index (Phi) is 5.43. The lowest BCUT2D eigenvalue weighted by Gasteiger charge is -2.33. The quantitative estimate of drug-likeness (QED) is 0.442. The number of nitrogens with two attached hydrogens (primary N) is 1. The average Bonchev–Trinajstić information content (AvgIpc) is 3.52. The SMILES string of the molecule is NC(=O)C1(C(Cc2ccccc2)NC(=O)c2cccnc2-n2cc3ccccc3n2)OC=CO1. The molecule has 9 nitrogen and oxygen atoms in total. The van der Waals surface area contributed by atoms with E-state index in [1.54, 1.807) is 29.2 Å². The van der Waals surface area contributed by atoms with Gasteiger partial charge in [0.1, 0.15) is 18.6 Å². The minimum absolute atomic E-state index is 0.235. The zero-order valence-electron chi connectivity index (χ0n) is 18.0. The predicted molar refractivity (Wildman–Crippen MR) is 124 cm³/mol. The smallest absolute Gasteiger partial charge is 0.352 e. The molecule has 5 rings (SSSR count). The van der Waals surface area contributed by atoms with E-state index < -0.39 is 23.6 Å². The maximum Gasteiger partial charge on any atom is 0.352 e. The Morgan fingerprint density at radius 1 is 1.00 bits per heavy atom. The summed E-state index contributed by atoms with van der Waals surface area (Å²) in [5.41, 5.74) is 7.55. The van der Waals surface area contributed by atoms with Crippen LogP contribution in [-0.2, 0) is 20.7 Å². The van der Waals surface area contributed by atoms with Crippen molar-refractivity contribution in [1.82, 2.24) is 20.1 Å². The molecule has 0 bridgehead atoms. The third-order valence-corrected chi connectivity index (χ3v) is 5.59. The molecule has 0 fully saturated rings. The Morgan fingerprint density at radius 2 is 1.74 bits per heavy atom. The van der Waals surface area contributed by atoms with Crippen LogP contribution < -0.4 is 11.1 Å². The molecule has 170 valence electrons. The molecule has 0 spiro atoms. The van der Waals surface area contributed by atoms with Gasteiger partial charge in [-0.25, -0.2) is 9.67 Å². The molecule has 1 aliphatic heterocycles. The molecule has 1 unspecified atom stereocenters. The van der Waals surface area contributed by atoms with Crippen LogP contribution in [0.2, 0.25) is 0 Å². The second kappa shape index (κ2) is 8.70. The number of carbonyl (C=O) groups excluding carboxylic acids is 2. The van der Waals surface area contributed by atoms with Crippen LogP contribution in [0.25, 0.3) is 16.7 Å². The van der Waals surface area contributed by atoms with Crippen molar-refractivity contribution in [2.75, 3.05) is 0 Å². The van der Waals surface area contributed by atoms with Crippen LogP contribution in [0, 0.1) is 0 Å². The Hall–Kier alpha value is -4.66. The second-order valence-corrected chi connectivity index (χ2v) is 7.76. The molecule has 0 saturated heterocycles. The molecule has 2 amide bonds. The number of fused-ring (bicyclic) bond motifs is 1. The van der Waals surface area contributed by atoms with Crippen LogP contribution in [0.15, 0.2) is 91.6 Å². The number of aromatic nitrogens is 3. The Morgan fingerprint density at radius 3 is 2.47 bits per heavy atom. The molecule has 1 atom stereocenters. The van der Waals surface area contributed by atoms with E-state index in [1.807, 2.05) is 54.6 Å². The minimum atomic E-state index is -1.88. The summed E-state index contributed by atoms with van der Waals surface area (Å²) < 4.78 is 12.6. The topological polar surface area (TPSA) is 121 Å². The zero-order chi connectivity index (χ0) is 23.5. The van der Waals surface area contributed by atoms with Gasteiger partial charge in [-0.3, -0.25) is 9.59 Å². The summed E-state index contributed by atoms with van der Waals surface area (Å²) >= 11 is 0. The lowest BCUT2D eigenvalue weighted by Crippen LogP contribution is -2.61. The Labute approximate surface area is 194 Å². The minimum Gasteiger partial charge on any atom is -0.447 e. The summed E-state index contributed by atoms with van der Waals surface area (Å²) in [4.78, 5) is 30.3. The zero-order valence-corrected chi connectivity index (χ0v) is 18.0. The summed E-state index contributed by atoms with van der Waals surface area (Å²) in [5.74, 6) is -2.88. The standard InChI is InChI=1S/C25H21N5O4/c26-24(32)25(33-13-14-34-25)21(15-17-7-2-1-3-8-17)28-23(31)19-10-6-12-27-22(19)30-16-18-9-4-5-11-20(18)29-30/h1-14,16,21H,15H2,(H2,26,32)(H,28,31). The number of primary amides is 1. The highest BCUT2D eigenvalue weighted by Gasteiger charge is 2.51. The first kappa shape index (κ1) is 21.2. The van der Waals surface area contributed by atoms with Gasteiger partial charge in [0, 0.05) is 24.2 Å². The fourth-order valence-corrected chi connectivity index (χ4v) is 3.93. The third-order valence-electron chi connectivity index (χ3n) is 5.59. The van der Waals surface area contributed by atoms with Gasteiger partial charge >= 0.3 is 11.7 Å². The molecule has 1 aliphatic rings. The van der Waals surface area contributed by atoms with Crippen LogP contribution in [0.5, 0.6) is 0 Å². The lowest BCUT2D eigenvalue weighted by molar-refractivity contribution is -0.182. The summed E-state index contributed by atoms with van der Waals surface area (Å²) in [6, 6.07) is 19.3. The van der Waals surface area contributed by atoms with Crippen LogP contribution in [0.4, 0.5) is 0 Å². The fourth-order valence-electron chi connectivity index (χ4n) is 3.93. The summed E-state index contributed by atoms with van der Waals surface area (Å²) in [6.45, 7) is 0. The number of pyridine rings is 1. The van der Waals surface area contributed by atoms with Crippen molar-refractivity contribution >= 4 is 22.7 Å². The molecule has 2 aromatic carbocycles. The number of nitrogens with zero attached hydrogens (tertiary/aromatic N) is 3. The van der Waals surface area contributed by atoms with E-state index in [4.69, 9.17) is 15.2 Å². The number of nitrogens with one attached hydrogen (secondary N) is 1. The second-order valence-electron chi connectivity index (χ2n) is 7.76. The molecule has 4 aromatic rings. The molecule has 0 aliphatic carbocycles. The summed E-state index contributed by atoms with van der Waals surface area (Å²) in [7, 11) is 0. The highest BCUT2D eigenvalue weighted by Crippen LogP contribution is 2.27. The van der Waals surface area contributed by atoms with E-state index in [2.05, 4.69) is 15.4 Å². The van der Waals surface area contributed by atoms with Crippen LogP contribution in [0.1, 0.15) is 15.9 Å². The average molecular weight is 455 g/mol. The lowest BCUT2D eigenvalue weighted by atomic mass is 9.97. The number of hydrogen-bond donors (Lipinski definition) is 2. The largest absolute Gasteiger partial charge is 0.447 e. The predicted octanol–water partition coefficient (Wildman–Crippen LogP) is 2.46. The van der Waals surface area contributed by atoms with E-state index in [1.165, 1.54) is 12.5 Å². The Bertz CT molecular complexity index is 1340. The molecule has 3 heterocycles. The van der Waals surface area contributed by atoms with Gasteiger partial charge in [0.2, 0.25) is 0 Å². The van der Waals surface area contributed by atoms with Gasteiger partial charge in [-0.15, -0.1) is 0 Å². The molecule has 0 saturated carbocycles. The van der Waals surface area contributed by atoms with Crippen molar-refractivity contribution in [2.45, 2.75) is 18.2 Å². The van der Waals surface area contributed by atoms with Crippen molar-refractivity contribution in [3.8, 4) is 5.82 Å². The molecule has 9 heteroatoms. The number of ether oxygens (including phenoxy) is 2. The Balaban J connectivity index is 1.50. The van der Waals surface area contributed by atoms with E-state index >= 15 is 0 Å². The molecule has 0 radical (unpaired) electrons. The van der Waals surface area contributed by atoms with Crippen molar-refractivity contribution in [1.29, 1.82) is 0 Å². The van der Waals surface area contributed by atoms with Crippen molar-refractivity contribution < 1.29 is 19.1 Å². The van der Waals surface area contributed by atoms with Crippen molar-refractivity contribution in [3.63, 3.8) is 0 Å². The number of benzene rings is 2. The molecule has 34 heavy (non-hydrogen) atoms. The fraction of sp³-hybridized carbons (Fsp3) is 0.120. The maximum absolute atomic E-state index is 13.5. The highest BCUT2D eigenvalue weighted by atomic mass is 16.7. The van der Waals surface area contributed by atoms with E-state index in [-0.39, 0.29) is 12.0 Å². The van der Waals surface area contributed by atoms with Gasteiger partial charge in [0.05, 0.1) is 11.1 Å². The monoisotopic (exact) mass is 455 g/mol.